The fraction of sp³-hybridized carbons (Fsp3) is 0. The predicted molar refractivity (Wildman–Crippen MR) is 227 cm³/mol. The van der Waals surface area contributed by atoms with Crippen LogP contribution in [-0.2, 0) is 0 Å². The van der Waals surface area contributed by atoms with Crippen molar-refractivity contribution >= 4 is 54.5 Å². The predicted octanol–water partition coefficient (Wildman–Crippen LogP) is 13.6. The van der Waals surface area contributed by atoms with E-state index in [2.05, 4.69) is 164 Å². The van der Waals surface area contributed by atoms with Crippen molar-refractivity contribution in [2.24, 2.45) is 0 Å². The first-order chi connectivity index (χ1) is 27.3. The molecule has 11 aromatic rings. The number of fused-ring (bicyclic) bond motifs is 7. The van der Waals surface area contributed by atoms with Crippen LogP contribution in [0.25, 0.3) is 111 Å². The van der Waals surface area contributed by atoms with Gasteiger partial charge in [-0.1, -0.05) is 158 Å². The highest BCUT2D eigenvalue weighted by Crippen LogP contribution is 2.46. The molecule has 0 amide bonds. The van der Waals surface area contributed by atoms with E-state index in [0.29, 0.717) is 5.82 Å². The van der Waals surface area contributed by atoms with Crippen molar-refractivity contribution in [1.29, 1.82) is 0 Å². The first-order valence-corrected chi connectivity index (χ1v) is 18.5. The lowest BCUT2D eigenvalue weighted by Crippen LogP contribution is -1.96. The maximum Gasteiger partial charge on any atom is 0.160 e. The number of hydrogen-bond donors (Lipinski definition) is 0. The summed E-state index contributed by atoms with van der Waals surface area (Å²) in [6.45, 7) is 0. The van der Waals surface area contributed by atoms with Gasteiger partial charge in [-0.05, 0) is 47.0 Å². The topological polar surface area (TPSA) is 51.8 Å². The minimum absolute atomic E-state index is 0.698. The van der Waals surface area contributed by atoms with E-state index in [9.17, 15) is 0 Å². The number of pyridine rings is 1. The monoisotopic (exact) mass is 701 g/mol. The second kappa shape index (κ2) is 12.6. The van der Waals surface area contributed by atoms with Crippen molar-refractivity contribution in [1.82, 2.24) is 15.0 Å². The Labute approximate surface area is 317 Å². The van der Waals surface area contributed by atoms with Gasteiger partial charge in [-0.3, -0.25) is 0 Å². The molecule has 0 aliphatic carbocycles. The van der Waals surface area contributed by atoms with Crippen molar-refractivity contribution in [2.45, 2.75) is 0 Å². The lowest BCUT2D eigenvalue weighted by Gasteiger charge is -2.16. The van der Waals surface area contributed by atoms with Gasteiger partial charge in [0.15, 0.2) is 5.82 Å². The summed E-state index contributed by atoms with van der Waals surface area (Å²) in [5, 5.41) is 6.51. The Morgan fingerprint density at radius 3 is 1.65 bits per heavy atom. The van der Waals surface area contributed by atoms with E-state index < -0.39 is 0 Å². The molecular formula is C51H31N3O. The Bertz CT molecular complexity index is 3240. The first-order valence-electron chi connectivity index (χ1n) is 18.5. The zero-order valence-electron chi connectivity index (χ0n) is 29.6. The Morgan fingerprint density at radius 2 is 0.873 bits per heavy atom. The van der Waals surface area contributed by atoms with Gasteiger partial charge < -0.3 is 4.42 Å². The largest absolute Gasteiger partial charge is 0.456 e. The second-order valence-corrected chi connectivity index (χ2v) is 13.9. The SMILES string of the molecule is c1ccc(-c2cccc(-c3nc(-c4ccc(-c5c6c(cc7c(-c8ccccc8)nc8ccccc8c57)oc5ccccc56)cc4)c4ccccc4n3)c2)cc1. The molecule has 0 bridgehead atoms. The van der Waals surface area contributed by atoms with Crippen LogP contribution < -0.4 is 0 Å². The smallest absolute Gasteiger partial charge is 0.160 e. The molecule has 0 fully saturated rings. The zero-order valence-corrected chi connectivity index (χ0v) is 29.6. The van der Waals surface area contributed by atoms with Crippen LogP contribution in [0.1, 0.15) is 0 Å². The molecule has 4 nitrogen and oxygen atoms in total. The van der Waals surface area contributed by atoms with Gasteiger partial charge in [0.05, 0.1) is 22.4 Å². The fourth-order valence-electron chi connectivity index (χ4n) is 8.11. The number of para-hydroxylation sites is 3. The molecule has 3 heterocycles. The van der Waals surface area contributed by atoms with Crippen LogP contribution in [0.3, 0.4) is 0 Å². The van der Waals surface area contributed by atoms with Crippen molar-refractivity contribution in [3.63, 3.8) is 0 Å². The molecule has 0 N–H and O–H groups in total. The standard InChI is InChI=1S/C51H31N3O/c1-3-14-32(15-4-1)36-18-13-19-37(30-36)51-53-43-24-11-8-21-39(43)49(54-51)35-28-26-33(27-29-35)46-47-38-20-7-10-23-42(38)52-50(34-16-5-2-6-17-34)41(47)31-45-48(46)40-22-9-12-25-44(40)55-45/h1-31H. The van der Waals surface area contributed by atoms with Crippen LogP contribution in [0.4, 0.5) is 0 Å². The number of furan rings is 1. The maximum absolute atomic E-state index is 6.61. The Balaban J connectivity index is 1.14. The summed E-state index contributed by atoms with van der Waals surface area (Å²) in [4.78, 5) is 15.6. The van der Waals surface area contributed by atoms with Crippen LogP contribution in [0.5, 0.6) is 0 Å². The highest BCUT2D eigenvalue weighted by molar-refractivity contribution is 6.27. The van der Waals surface area contributed by atoms with Crippen molar-refractivity contribution in [2.75, 3.05) is 0 Å². The number of rotatable bonds is 5. The third kappa shape index (κ3) is 5.19. The molecule has 4 heteroatoms. The van der Waals surface area contributed by atoms with Gasteiger partial charge >= 0.3 is 0 Å². The number of hydrogen-bond acceptors (Lipinski definition) is 4. The Hall–Kier alpha value is -7.43. The van der Waals surface area contributed by atoms with Crippen LogP contribution in [0.2, 0.25) is 0 Å². The number of benzene rings is 8. The van der Waals surface area contributed by atoms with E-state index in [0.717, 1.165) is 105 Å². The van der Waals surface area contributed by atoms with E-state index in [1.165, 1.54) is 0 Å². The molecule has 3 aromatic heterocycles. The number of aromatic nitrogens is 3. The highest BCUT2D eigenvalue weighted by atomic mass is 16.3. The van der Waals surface area contributed by atoms with Gasteiger partial charge in [-0.2, -0.15) is 0 Å². The molecule has 0 radical (unpaired) electrons. The third-order valence-corrected chi connectivity index (χ3v) is 10.7. The molecule has 8 aromatic carbocycles. The second-order valence-electron chi connectivity index (χ2n) is 13.9. The average molecular weight is 702 g/mol. The zero-order chi connectivity index (χ0) is 36.3. The molecule has 0 saturated heterocycles. The van der Waals surface area contributed by atoms with Crippen molar-refractivity contribution in [3.05, 3.63) is 188 Å². The van der Waals surface area contributed by atoms with Gasteiger partial charge in [0.2, 0.25) is 0 Å². The van der Waals surface area contributed by atoms with E-state index in [1.807, 2.05) is 24.3 Å². The number of nitrogens with zero attached hydrogens (tertiary/aromatic N) is 3. The normalized spacial score (nSPS) is 11.6. The lowest BCUT2D eigenvalue weighted by atomic mass is 9.89. The molecule has 0 spiro atoms. The van der Waals surface area contributed by atoms with Crippen LogP contribution in [0.15, 0.2) is 192 Å². The lowest BCUT2D eigenvalue weighted by molar-refractivity contribution is 0.669. The van der Waals surface area contributed by atoms with Gasteiger partial charge in [-0.25, -0.2) is 15.0 Å². The summed E-state index contributed by atoms with van der Waals surface area (Å²) < 4.78 is 6.61. The van der Waals surface area contributed by atoms with Crippen molar-refractivity contribution < 1.29 is 4.42 Å². The molecule has 11 rings (SSSR count). The Morgan fingerprint density at radius 1 is 0.309 bits per heavy atom. The molecule has 256 valence electrons. The summed E-state index contributed by atoms with van der Waals surface area (Å²) in [6.07, 6.45) is 0. The van der Waals surface area contributed by atoms with Gasteiger partial charge in [0.1, 0.15) is 11.2 Å². The van der Waals surface area contributed by atoms with Gasteiger partial charge in [-0.15, -0.1) is 0 Å². The van der Waals surface area contributed by atoms with Crippen LogP contribution in [-0.4, -0.2) is 15.0 Å². The minimum atomic E-state index is 0.698. The van der Waals surface area contributed by atoms with E-state index in [4.69, 9.17) is 19.4 Å². The molecule has 0 aliphatic rings. The molecule has 0 aliphatic heterocycles. The van der Waals surface area contributed by atoms with Gasteiger partial charge in [0, 0.05) is 54.6 Å². The quantitative estimate of drug-likeness (QED) is 0.168. The molecule has 0 unspecified atom stereocenters. The summed E-state index contributed by atoms with van der Waals surface area (Å²) >= 11 is 0. The third-order valence-electron chi connectivity index (χ3n) is 10.7. The molecule has 0 saturated carbocycles. The maximum atomic E-state index is 6.61. The summed E-state index contributed by atoms with van der Waals surface area (Å²) in [6, 6.07) is 65.5. The summed E-state index contributed by atoms with van der Waals surface area (Å²) in [5.41, 5.74) is 13.0. The molecule has 55 heavy (non-hydrogen) atoms. The average Bonchev–Trinajstić information content (AvgIpc) is 3.64. The van der Waals surface area contributed by atoms with E-state index in [-0.39, 0.29) is 0 Å². The van der Waals surface area contributed by atoms with Gasteiger partial charge in [0.25, 0.3) is 0 Å². The van der Waals surface area contributed by atoms with E-state index >= 15 is 0 Å². The molecular weight excluding hydrogens is 671 g/mol. The van der Waals surface area contributed by atoms with Crippen LogP contribution >= 0.6 is 0 Å². The Kier molecular flexibility index (Phi) is 7.14. The highest BCUT2D eigenvalue weighted by Gasteiger charge is 2.22. The summed E-state index contributed by atoms with van der Waals surface area (Å²) in [7, 11) is 0. The van der Waals surface area contributed by atoms with Crippen LogP contribution in [0, 0.1) is 0 Å². The summed E-state index contributed by atoms with van der Waals surface area (Å²) in [5.74, 6) is 0.698. The van der Waals surface area contributed by atoms with E-state index in [1.54, 1.807) is 0 Å². The fourth-order valence-corrected chi connectivity index (χ4v) is 8.11. The minimum Gasteiger partial charge on any atom is -0.456 e. The first kappa shape index (κ1) is 31.1. The molecule has 0 atom stereocenters. The van der Waals surface area contributed by atoms with Crippen molar-refractivity contribution in [3.8, 4) is 56.2 Å².